The number of aromatic nitrogens is 2. The summed E-state index contributed by atoms with van der Waals surface area (Å²) in [5.41, 5.74) is 1.89. The van der Waals surface area contributed by atoms with Gasteiger partial charge in [-0.05, 0) is 18.6 Å². The van der Waals surface area contributed by atoms with Gasteiger partial charge in [0.2, 0.25) is 0 Å². The number of benzene rings is 1. The highest BCUT2D eigenvalue weighted by atomic mass is 35.5. The highest BCUT2D eigenvalue weighted by Gasteiger charge is 2.04. The minimum absolute atomic E-state index is 0.599. The van der Waals surface area contributed by atoms with Crippen molar-refractivity contribution in [2.24, 2.45) is 0 Å². The van der Waals surface area contributed by atoms with E-state index in [1.165, 1.54) is 0 Å². The molecule has 17 heavy (non-hydrogen) atoms. The van der Waals surface area contributed by atoms with Crippen molar-refractivity contribution < 1.29 is 0 Å². The molecule has 0 saturated carbocycles. The Kier molecular flexibility index (Phi) is 3.92. The Morgan fingerprint density at radius 2 is 2.12 bits per heavy atom. The summed E-state index contributed by atoms with van der Waals surface area (Å²) in [6, 6.07) is 9.55. The maximum atomic E-state index is 6.17. The molecule has 1 aromatic heterocycles. The van der Waals surface area contributed by atoms with Gasteiger partial charge in [0.1, 0.15) is 10.5 Å². The van der Waals surface area contributed by atoms with Crippen molar-refractivity contribution in [3.05, 3.63) is 45.8 Å². The van der Waals surface area contributed by atoms with E-state index in [0.29, 0.717) is 9.66 Å². The van der Waals surface area contributed by atoms with E-state index in [1.54, 1.807) is 0 Å². The fourth-order valence-corrected chi connectivity index (χ4v) is 2.15. The molecule has 0 saturated heterocycles. The molecule has 4 heteroatoms. The average molecular weight is 265 g/mol. The molecule has 1 heterocycles. The Balaban J connectivity index is 2.52. The lowest BCUT2D eigenvalue weighted by Crippen LogP contribution is -1.97. The smallest absolute Gasteiger partial charge is 0.130 e. The molecule has 88 valence electrons. The van der Waals surface area contributed by atoms with Crippen molar-refractivity contribution >= 4 is 23.8 Å². The number of hydrogen-bond donors (Lipinski definition) is 1. The zero-order valence-electron chi connectivity index (χ0n) is 9.53. The molecule has 1 N–H and O–H groups in total. The monoisotopic (exact) mass is 264 g/mol. The molecular formula is C13H13ClN2S. The third-order valence-corrected chi connectivity index (χ3v) is 2.98. The van der Waals surface area contributed by atoms with E-state index >= 15 is 0 Å². The molecule has 2 nitrogen and oxygen atoms in total. The highest BCUT2D eigenvalue weighted by Crippen LogP contribution is 2.25. The predicted octanol–water partition coefficient (Wildman–Crippen LogP) is 4.41. The van der Waals surface area contributed by atoms with Crippen LogP contribution >= 0.6 is 23.8 Å². The van der Waals surface area contributed by atoms with Crippen LogP contribution in [-0.4, -0.2) is 9.97 Å². The summed E-state index contributed by atoms with van der Waals surface area (Å²) in [7, 11) is 0. The van der Waals surface area contributed by atoms with Crippen molar-refractivity contribution in [1.29, 1.82) is 0 Å². The van der Waals surface area contributed by atoms with Gasteiger partial charge in [-0.25, -0.2) is 4.98 Å². The lowest BCUT2D eigenvalue weighted by atomic mass is 10.1. The summed E-state index contributed by atoms with van der Waals surface area (Å²) in [6.45, 7) is 2.11. The molecule has 0 radical (unpaired) electrons. The Labute approximate surface area is 111 Å². The fraction of sp³-hybridized carbons (Fsp3) is 0.231. The Hall–Kier alpha value is -1.19. The lowest BCUT2D eigenvalue weighted by molar-refractivity contribution is 0.833. The number of aryl methyl sites for hydroxylation is 1. The largest absolute Gasteiger partial charge is 0.343 e. The average Bonchev–Trinajstić information content (AvgIpc) is 2.29. The number of rotatable bonds is 3. The quantitative estimate of drug-likeness (QED) is 0.832. The summed E-state index contributed by atoms with van der Waals surface area (Å²) in [5, 5.41) is 0.715. The molecule has 0 atom stereocenters. The summed E-state index contributed by atoms with van der Waals surface area (Å²) in [5.74, 6) is 0.912. The normalized spacial score (nSPS) is 10.5. The van der Waals surface area contributed by atoms with E-state index in [-0.39, 0.29) is 0 Å². The number of nitrogens with zero attached hydrogens (tertiary/aromatic N) is 1. The van der Waals surface area contributed by atoms with E-state index in [9.17, 15) is 0 Å². The van der Waals surface area contributed by atoms with E-state index in [1.807, 2.05) is 30.3 Å². The molecule has 0 amide bonds. The highest BCUT2D eigenvalue weighted by molar-refractivity contribution is 7.71. The third-order valence-electron chi connectivity index (χ3n) is 2.44. The Morgan fingerprint density at radius 1 is 1.35 bits per heavy atom. The van der Waals surface area contributed by atoms with Gasteiger partial charge in [0.15, 0.2) is 0 Å². The van der Waals surface area contributed by atoms with Crippen molar-refractivity contribution in [3.63, 3.8) is 0 Å². The first-order chi connectivity index (χ1) is 8.20. The second-order valence-corrected chi connectivity index (χ2v) is 4.64. The number of H-pyrrole nitrogens is 1. The van der Waals surface area contributed by atoms with E-state index < -0.39 is 0 Å². The van der Waals surface area contributed by atoms with Crippen LogP contribution in [0.2, 0.25) is 5.02 Å². The van der Waals surface area contributed by atoms with Gasteiger partial charge < -0.3 is 4.98 Å². The first-order valence-corrected chi connectivity index (χ1v) is 6.34. The number of nitrogens with one attached hydrogen (secondary N) is 1. The number of aromatic amines is 1. The third kappa shape index (κ3) is 2.93. The molecule has 0 aliphatic carbocycles. The SMILES string of the molecule is CCCc1nc(=S)cc(-c2ccccc2Cl)[nH]1. The maximum Gasteiger partial charge on any atom is 0.130 e. The van der Waals surface area contributed by atoms with Crippen LogP contribution in [0.5, 0.6) is 0 Å². The molecule has 0 spiro atoms. The van der Waals surface area contributed by atoms with Crippen LogP contribution in [0.1, 0.15) is 19.2 Å². The van der Waals surface area contributed by atoms with Crippen LogP contribution in [0.3, 0.4) is 0 Å². The molecule has 2 aromatic rings. The molecule has 0 unspecified atom stereocenters. The van der Waals surface area contributed by atoms with Crippen molar-refractivity contribution in [3.8, 4) is 11.3 Å². The molecule has 1 aromatic carbocycles. The van der Waals surface area contributed by atoms with Gasteiger partial charge in [-0.3, -0.25) is 0 Å². The van der Waals surface area contributed by atoms with Crippen molar-refractivity contribution in [1.82, 2.24) is 9.97 Å². The van der Waals surface area contributed by atoms with Crippen LogP contribution in [0.25, 0.3) is 11.3 Å². The van der Waals surface area contributed by atoms with Crippen molar-refractivity contribution in [2.45, 2.75) is 19.8 Å². The number of hydrogen-bond acceptors (Lipinski definition) is 2. The predicted molar refractivity (Wildman–Crippen MR) is 73.9 cm³/mol. The second kappa shape index (κ2) is 5.43. The van der Waals surface area contributed by atoms with E-state index in [2.05, 4.69) is 16.9 Å². The first-order valence-electron chi connectivity index (χ1n) is 5.56. The van der Waals surface area contributed by atoms with Gasteiger partial charge in [0, 0.05) is 17.0 Å². The van der Waals surface area contributed by atoms with Gasteiger partial charge >= 0.3 is 0 Å². The lowest BCUT2D eigenvalue weighted by Gasteiger charge is -2.06. The molecule has 0 bridgehead atoms. The Bertz CT molecular complexity index is 578. The molecular weight excluding hydrogens is 252 g/mol. The van der Waals surface area contributed by atoms with E-state index in [0.717, 1.165) is 29.9 Å². The zero-order chi connectivity index (χ0) is 12.3. The van der Waals surface area contributed by atoms with Crippen molar-refractivity contribution in [2.75, 3.05) is 0 Å². The fourth-order valence-electron chi connectivity index (χ4n) is 1.69. The Morgan fingerprint density at radius 3 is 2.82 bits per heavy atom. The van der Waals surface area contributed by atoms with Crippen LogP contribution in [0, 0.1) is 4.64 Å². The van der Waals surface area contributed by atoms with Gasteiger partial charge in [-0.2, -0.15) is 0 Å². The standard InChI is InChI=1S/C13H13ClN2S/c1-2-5-12-15-11(8-13(17)16-12)9-6-3-4-7-10(9)14/h3-4,6-8H,2,5H2,1H3,(H,15,16,17). The molecule has 0 aliphatic heterocycles. The topological polar surface area (TPSA) is 28.7 Å². The summed E-state index contributed by atoms with van der Waals surface area (Å²) in [6.07, 6.45) is 1.92. The molecule has 0 fully saturated rings. The minimum atomic E-state index is 0.599. The van der Waals surface area contributed by atoms with E-state index in [4.69, 9.17) is 23.8 Å². The summed E-state index contributed by atoms with van der Waals surface area (Å²) in [4.78, 5) is 7.58. The van der Waals surface area contributed by atoms with Crippen LogP contribution in [0.4, 0.5) is 0 Å². The maximum absolute atomic E-state index is 6.17. The number of halogens is 1. The van der Waals surface area contributed by atoms with Gasteiger partial charge in [0.25, 0.3) is 0 Å². The minimum Gasteiger partial charge on any atom is -0.343 e. The summed E-state index contributed by atoms with van der Waals surface area (Å²) < 4.78 is 0.599. The van der Waals surface area contributed by atoms with Gasteiger partial charge in [-0.15, -0.1) is 0 Å². The van der Waals surface area contributed by atoms with Crippen LogP contribution < -0.4 is 0 Å². The van der Waals surface area contributed by atoms with Gasteiger partial charge in [0.05, 0.1) is 5.69 Å². The first kappa shape index (κ1) is 12.3. The molecule has 0 aliphatic rings. The molecule has 2 rings (SSSR count). The zero-order valence-corrected chi connectivity index (χ0v) is 11.1. The summed E-state index contributed by atoms with van der Waals surface area (Å²) >= 11 is 11.3. The second-order valence-electron chi connectivity index (χ2n) is 3.81. The van der Waals surface area contributed by atoms with Crippen LogP contribution in [0.15, 0.2) is 30.3 Å². The van der Waals surface area contributed by atoms with Crippen LogP contribution in [-0.2, 0) is 6.42 Å². The van der Waals surface area contributed by atoms with Gasteiger partial charge in [-0.1, -0.05) is 48.9 Å².